The van der Waals surface area contributed by atoms with Crippen molar-refractivity contribution in [2.75, 3.05) is 13.1 Å². The first-order valence-electron chi connectivity index (χ1n) is 14.4. The summed E-state index contributed by atoms with van der Waals surface area (Å²) in [5.41, 5.74) is -0.0725. The summed E-state index contributed by atoms with van der Waals surface area (Å²) in [4.78, 5) is 85.0. The van der Waals surface area contributed by atoms with E-state index in [4.69, 9.17) is 16.3 Å². The van der Waals surface area contributed by atoms with Crippen LogP contribution >= 0.6 is 19.2 Å². The van der Waals surface area contributed by atoms with Gasteiger partial charge >= 0.3 is 38.5 Å². The number of phenols is 2. The maximum Gasteiger partial charge on any atom is 0.547 e. The first kappa shape index (κ1) is 36.1. The van der Waals surface area contributed by atoms with E-state index in [2.05, 4.69) is 10.6 Å². The SMILES string of the molecule is O=C(O)c1cccc2c1OB(O)[C@@H](NC(=O)C(NC(=O)N1CCN(Cc3cc(F)c(O)c(O)c3Cl)C(=O)C1=O)c1ccc(P(=O)(O)O)cc1)C2. The molecule has 0 aromatic heterocycles. The zero-order chi connectivity index (χ0) is 36.7. The number of carboxylic acid groups (broad SMARTS) is 1. The second kappa shape index (κ2) is 14.0. The second-order valence-electron chi connectivity index (χ2n) is 11.2. The Balaban J connectivity index is 1.35. The quantitative estimate of drug-likeness (QED) is 0.0664. The van der Waals surface area contributed by atoms with Crippen LogP contribution in [0.1, 0.15) is 33.1 Å². The van der Waals surface area contributed by atoms with Gasteiger partial charge in [0.1, 0.15) is 11.8 Å². The Morgan fingerprint density at radius 1 is 1.06 bits per heavy atom. The van der Waals surface area contributed by atoms with Gasteiger partial charge in [-0.05, 0) is 47.4 Å². The number of para-hydroxylation sites is 1. The van der Waals surface area contributed by atoms with Crippen LogP contribution in [0.4, 0.5) is 9.18 Å². The topological polar surface area (TPSA) is 264 Å². The minimum absolute atomic E-state index is 0.0333. The molecule has 5 amide bonds. The predicted octanol–water partition coefficient (Wildman–Crippen LogP) is 0.153. The van der Waals surface area contributed by atoms with E-state index in [-0.39, 0.29) is 35.4 Å². The average molecular weight is 735 g/mol. The lowest BCUT2D eigenvalue weighted by atomic mass is 9.72. The Morgan fingerprint density at radius 2 is 1.74 bits per heavy atom. The number of benzene rings is 3. The number of imide groups is 1. The van der Waals surface area contributed by atoms with Gasteiger partial charge in [-0.3, -0.25) is 23.8 Å². The fourth-order valence-corrected chi connectivity index (χ4v) is 6.08. The smallest absolute Gasteiger partial charge is 0.534 e. The number of amides is 5. The number of piperazine rings is 1. The van der Waals surface area contributed by atoms with Crippen LogP contribution in [0.15, 0.2) is 48.5 Å². The molecule has 2 atom stereocenters. The maximum atomic E-state index is 14.0. The van der Waals surface area contributed by atoms with Gasteiger partial charge in [-0.1, -0.05) is 35.9 Å². The first-order chi connectivity index (χ1) is 23.5. The zero-order valence-corrected chi connectivity index (χ0v) is 27.0. The number of aromatic hydroxyl groups is 2. The van der Waals surface area contributed by atoms with Gasteiger partial charge in [0.2, 0.25) is 5.91 Å². The van der Waals surface area contributed by atoms with Gasteiger partial charge < -0.3 is 50.3 Å². The molecular formula is C29H26BClFN4O13P. The van der Waals surface area contributed by atoms with Crippen LogP contribution in [0.3, 0.4) is 0 Å². The number of rotatable bonds is 8. The summed E-state index contributed by atoms with van der Waals surface area (Å²) >= 11 is 5.95. The van der Waals surface area contributed by atoms with Gasteiger partial charge in [-0.15, -0.1) is 0 Å². The normalized spacial score (nSPS) is 16.7. The van der Waals surface area contributed by atoms with Gasteiger partial charge in [0.15, 0.2) is 17.3 Å². The molecule has 1 saturated heterocycles. The molecule has 0 spiro atoms. The molecule has 2 aliphatic heterocycles. The van der Waals surface area contributed by atoms with E-state index in [1.807, 2.05) is 0 Å². The molecule has 17 nitrogen and oxygen atoms in total. The molecule has 2 aliphatic rings. The molecule has 0 aliphatic carbocycles. The Hall–Kier alpha value is -5.20. The van der Waals surface area contributed by atoms with Crippen LogP contribution in [0.5, 0.6) is 17.2 Å². The van der Waals surface area contributed by atoms with Crippen LogP contribution in [-0.4, -0.2) is 95.8 Å². The van der Waals surface area contributed by atoms with Crippen molar-refractivity contribution in [1.29, 1.82) is 0 Å². The molecule has 8 N–H and O–H groups in total. The summed E-state index contributed by atoms with van der Waals surface area (Å²) < 4.78 is 31.1. The number of aromatic carboxylic acids is 1. The molecule has 5 rings (SSSR count). The van der Waals surface area contributed by atoms with Gasteiger partial charge in [0.25, 0.3) is 0 Å². The largest absolute Gasteiger partial charge is 0.547 e. The number of phenolic OH excluding ortho intramolecular Hbond substituents is 2. The number of nitrogens with zero attached hydrogens (tertiary/aromatic N) is 2. The lowest BCUT2D eigenvalue weighted by molar-refractivity contribution is -0.154. The molecule has 0 saturated carbocycles. The van der Waals surface area contributed by atoms with Gasteiger partial charge in [0, 0.05) is 19.6 Å². The van der Waals surface area contributed by atoms with Crippen LogP contribution in [0, 0.1) is 5.82 Å². The van der Waals surface area contributed by atoms with E-state index in [0.29, 0.717) is 10.5 Å². The van der Waals surface area contributed by atoms with Crippen LogP contribution in [0.2, 0.25) is 5.02 Å². The van der Waals surface area contributed by atoms with Crippen molar-refractivity contribution >= 4 is 61.3 Å². The third-order valence-electron chi connectivity index (χ3n) is 7.93. The van der Waals surface area contributed by atoms with Crippen molar-refractivity contribution in [1.82, 2.24) is 20.4 Å². The average Bonchev–Trinajstić information content (AvgIpc) is 3.06. The fraction of sp³-hybridized carbons (Fsp3) is 0.207. The fourth-order valence-electron chi connectivity index (χ4n) is 5.34. The molecule has 50 heavy (non-hydrogen) atoms. The molecular weight excluding hydrogens is 709 g/mol. The number of urea groups is 1. The van der Waals surface area contributed by atoms with Crippen molar-refractivity contribution in [3.05, 3.63) is 81.6 Å². The maximum absolute atomic E-state index is 14.0. The van der Waals surface area contributed by atoms with Crippen LogP contribution in [-0.2, 0) is 31.9 Å². The lowest BCUT2D eigenvalue weighted by Gasteiger charge is -2.34. The van der Waals surface area contributed by atoms with Crippen molar-refractivity contribution < 1.29 is 67.7 Å². The number of hydrogen-bond donors (Lipinski definition) is 8. The van der Waals surface area contributed by atoms with Gasteiger partial charge in [-0.25, -0.2) is 14.0 Å². The molecule has 0 bridgehead atoms. The lowest BCUT2D eigenvalue weighted by Crippen LogP contribution is -2.60. The van der Waals surface area contributed by atoms with E-state index < -0.39 is 97.2 Å². The summed E-state index contributed by atoms with van der Waals surface area (Å²) in [5, 5.41) is 43.4. The van der Waals surface area contributed by atoms with E-state index >= 15 is 0 Å². The molecule has 1 unspecified atom stereocenters. The Kier molecular flexibility index (Phi) is 10.1. The van der Waals surface area contributed by atoms with Crippen molar-refractivity contribution in [3.8, 4) is 17.2 Å². The minimum atomic E-state index is -4.71. The third-order valence-corrected chi connectivity index (χ3v) is 9.32. The molecule has 0 radical (unpaired) electrons. The Morgan fingerprint density at radius 3 is 2.38 bits per heavy atom. The Labute approximate surface area is 286 Å². The summed E-state index contributed by atoms with van der Waals surface area (Å²) in [6.07, 6.45) is -0.108. The van der Waals surface area contributed by atoms with Crippen LogP contribution < -0.4 is 20.6 Å². The summed E-state index contributed by atoms with van der Waals surface area (Å²) in [5.74, 6) is -9.51. The standard InChI is InChI=1S/C29H26BClFN4O13P/c31-20-15(10-18(32)22(37)23(20)38)12-35-8-9-36(27(41)26(35)40)29(44)34-21(13-4-6-16(7-5-13)50(46,47)48)25(39)33-19-11-14-2-1-3-17(28(42)43)24(14)49-30(19)45/h1-7,10,19,21,37-38,45H,8-9,11-12H2,(H,33,39)(H,34,44)(H,42,43)(H2,46,47,48)/t19-,21?/m0/s1. The van der Waals surface area contributed by atoms with Gasteiger partial charge in [-0.2, -0.15) is 0 Å². The van der Waals surface area contributed by atoms with Crippen molar-refractivity contribution in [3.63, 3.8) is 0 Å². The number of carboxylic acids is 1. The van der Waals surface area contributed by atoms with E-state index in [0.717, 1.165) is 35.2 Å². The highest BCUT2D eigenvalue weighted by molar-refractivity contribution is 7.60. The molecule has 1 fully saturated rings. The number of carbonyl (C=O) groups excluding carboxylic acids is 4. The third kappa shape index (κ3) is 7.22. The molecule has 262 valence electrons. The number of carbonyl (C=O) groups is 5. The van der Waals surface area contributed by atoms with E-state index in [1.165, 1.54) is 18.2 Å². The summed E-state index contributed by atoms with van der Waals surface area (Å²) in [7, 11) is -6.45. The second-order valence-corrected chi connectivity index (χ2v) is 13.1. The highest BCUT2D eigenvalue weighted by Gasteiger charge is 2.41. The van der Waals surface area contributed by atoms with Crippen molar-refractivity contribution in [2.24, 2.45) is 0 Å². The molecule has 3 aromatic carbocycles. The van der Waals surface area contributed by atoms with E-state index in [1.54, 1.807) is 0 Å². The number of halogens is 2. The Bertz CT molecular complexity index is 1960. The number of nitrogens with one attached hydrogen (secondary N) is 2. The highest BCUT2D eigenvalue weighted by atomic mass is 35.5. The van der Waals surface area contributed by atoms with Gasteiger partial charge in [0.05, 0.1) is 21.8 Å². The minimum Gasteiger partial charge on any atom is -0.534 e. The highest BCUT2D eigenvalue weighted by Crippen LogP contribution is 2.39. The monoisotopic (exact) mass is 734 g/mol. The van der Waals surface area contributed by atoms with E-state index in [9.17, 15) is 63.1 Å². The predicted molar refractivity (Wildman–Crippen MR) is 169 cm³/mol. The molecule has 3 aromatic rings. The van der Waals surface area contributed by atoms with Crippen LogP contribution in [0.25, 0.3) is 0 Å². The summed E-state index contributed by atoms with van der Waals surface area (Å²) in [6, 6.07) is 6.33. The molecule has 21 heteroatoms. The molecule has 2 heterocycles. The number of fused-ring (bicyclic) bond motifs is 1. The zero-order valence-electron chi connectivity index (χ0n) is 25.3. The van der Waals surface area contributed by atoms with Crippen molar-refractivity contribution in [2.45, 2.75) is 24.9 Å². The summed E-state index contributed by atoms with van der Waals surface area (Å²) in [6.45, 7) is -1.21. The first-order valence-corrected chi connectivity index (χ1v) is 16.4. The number of hydrogen-bond acceptors (Lipinski definition) is 10.